The molecule has 0 aromatic heterocycles. The molecule has 250 valence electrons. The topological polar surface area (TPSA) is 3.24 Å². The molecule has 9 aromatic carbocycles. The van der Waals surface area contributed by atoms with E-state index >= 15 is 0 Å². The van der Waals surface area contributed by atoms with Crippen molar-refractivity contribution in [1.82, 2.24) is 0 Å². The average molecular weight is 676 g/mol. The molecule has 0 fully saturated rings. The Bertz CT molecular complexity index is 2630. The van der Waals surface area contributed by atoms with Crippen LogP contribution in [0.5, 0.6) is 0 Å². The second-order valence-corrected chi connectivity index (χ2v) is 13.4. The molecule has 0 unspecified atom stereocenters. The highest BCUT2D eigenvalue weighted by Crippen LogP contribution is 2.44. The summed E-state index contributed by atoms with van der Waals surface area (Å²) in [5.41, 5.74) is 15.2. The smallest absolute Gasteiger partial charge is 0.0546 e. The zero-order chi connectivity index (χ0) is 35.4. The fourth-order valence-corrected chi connectivity index (χ4v) is 7.30. The predicted octanol–water partition coefficient (Wildman–Crippen LogP) is 14.6. The van der Waals surface area contributed by atoms with E-state index in [4.69, 9.17) is 0 Å². The molecule has 0 heterocycles. The standard InChI is InChI=1S/C52H37N/c1-4-13-38(14-5-1)41-23-25-42(26-24-41)43-29-32-49(33-30-43)53(50-22-12-21-46(36-50)39-15-6-2-7-16-39)52-37-48(31-34-51(52)44-18-8-3-9-19-44)47-28-27-40-17-10-11-20-45(40)35-47/h1-37H. The molecule has 0 saturated carbocycles. The molecule has 0 aliphatic heterocycles. The van der Waals surface area contributed by atoms with Crippen molar-refractivity contribution in [3.8, 4) is 55.6 Å². The van der Waals surface area contributed by atoms with Crippen LogP contribution in [0.3, 0.4) is 0 Å². The maximum Gasteiger partial charge on any atom is 0.0546 e. The normalized spacial score (nSPS) is 11.0. The van der Waals surface area contributed by atoms with Gasteiger partial charge in [0.05, 0.1) is 5.69 Å². The molecule has 0 aliphatic rings. The predicted molar refractivity (Wildman–Crippen MR) is 226 cm³/mol. The minimum atomic E-state index is 1.09. The lowest BCUT2D eigenvalue weighted by molar-refractivity contribution is 1.28. The highest BCUT2D eigenvalue weighted by molar-refractivity contribution is 5.93. The summed E-state index contributed by atoms with van der Waals surface area (Å²) in [4.78, 5) is 2.42. The largest absolute Gasteiger partial charge is 0.310 e. The molecule has 0 radical (unpaired) electrons. The summed E-state index contributed by atoms with van der Waals surface area (Å²) in [5.74, 6) is 0. The molecular weight excluding hydrogens is 639 g/mol. The van der Waals surface area contributed by atoms with Gasteiger partial charge in [-0.1, -0.05) is 188 Å². The van der Waals surface area contributed by atoms with Crippen molar-refractivity contribution in [3.05, 3.63) is 224 Å². The van der Waals surface area contributed by atoms with Crippen LogP contribution in [-0.4, -0.2) is 0 Å². The summed E-state index contributed by atoms with van der Waals surface area (Å²) in [5, 5.41) is 2.48. The van der Waals surface area contributed by atoms with Crippen molar-refractivity contribution in [2.24, 2.45) is 0 Å². The molecule has 0 N–H and O–H groups in total. The third-order valence-electron chi connectivity index (χ3n) is 10.1. The lowest BCUT2D eigenvalue weighted by Crippen LogP contribution is -2.11. The number of rotatable bonds is 8. The number of hydrogen-bond donors (Lipinski definition) is 0. The van der Waals surface area contributed by atoms with Gasteiger partial charge in [0, 0.05) is 16.9 Å². The maximum atomic E-state index is 2.42. The van der Waals surface area contributed by atoms with Gasteiger partial charge in [-0.2, -0.15) is 0 Å². The van der Waals surface area contributed by atoms with Gasteiger partial charge in [-0.3, -0.25) is 0 Å². The summed E-state index contributed by atoms with van der Waals surface area (Å²) < 4.78 is 0. The minimum absolute atomic E-state index is 1.09. The van der Waals surface area contributed by atoms with Crippen LogP contribution >= 0.6 is 0 Å². The summed E-state index contributed by atoms with van der Waals surface area (Å²) >= 11 is 0. The third kappa shape index (κ3) is 6.65. The van der Waals surface area contributed by atoms with Gasteiger partial charge in [0.1, 0.15) is 0 Å². The van der Waals surface area contributed by atoms with Gasteiger partial charge in [0.25, 0.3) is 0 Å². The van der Waals surface area contributed by atoms with Gasteiger partial charge in [-0.15, -0.1) is 0 Å². The quantitative estimate of drug-likeness (QED) is 0.155. The van der Waals surface area contributed by atoms with E-state index in [1.165, 1.54) is 66.4 Å². The summed E-state index contributed by atoms with van der Waals surface area (Å²) in [6.45, 7) is 0. The zero-order valence-electron chi connectivity index (χ0n) is 29.3. The molecule has 0 atom stereocenters. The van der Waals surface area contributed by atoms with Gasteiger partial charge in [0.15, 0.2) is 0 Å². The second-order valence-electron chi connectivity index (χ2n) is 13.4. The van der Waals surface area contributed by atoms with Crippen LogP contribution in [0, 0.1) is 0 Å². The Morgan fingerprint density at radius 1 is 0.226 bits per heavy atom. The number of benzene rings is 9. The van der Waals surface area contributed by atoms with E-state index in [-0.39, 0.29) is 0 Å². The number of hydrogen-bond acceptors (Lipinski definition) is 1. The van der Waals surface area contributed by atoms with E-state index in [2.05, 4.69) is 229 Å². The van der Waals surface area contributed by atoms with Gasteiger partial charge < -0.3 is 4.90 Å². The molecule has 0 saturated heterocycles. The highest BCUT2D eigenvalue weighted by Gasteiger charge is 2.19. The minimum Gasteiger partial charge on any atom is -0.310 e. The first kappa shape index (κ1) is 32.0. The average Bonchev–Trinajstić information content (AvgIpc) is 3.25. The molecule has 1 heteroatoms. The van der Waals surface area contributed by atoms with Crippen molar-refractivity contribution < 1.29 is 0 Å². The Morgan fingerprint density at radius 2 is 0.660 bits per heavy atom. The molecule has 9 rings (SSSR count). The number of fused-ring (bicyclic) bond motifs is 1. The van der Waals surface area contributed by atoms with Gasteiger partial charge in [-0.25, -0.2) is 0 Å². The molecule has 0 amide bonds. The lowest BCUT2D eigenvalue weighted by Gasteiger charge is -2.29. The molecule has 0 bridgehead atoms. The van der Waals surface area contributed by atoms with Crippen LogP contribution in [0.25, 0.3) is 66.4 Å². The first-order valence-corrected chi connectivity index (χ1v) is 18.2. The molecule has 0 aliphatic carbocycles. The monoisotopic (exact) mass is 675 g/mol. The summed E-state index contributed by atoms with van der Waals surface area (Å²) in [7, 11) is 0. The Kier molecular flexibility index (Phi) is 8.66. The fourth-order valence-electron chi connectivity index (χ4n) is 7.30. The van der Waals surface area contributed by atoms with Crippen LogP contribution in [-0.2, 0) is 0 Å². The number of nitrogens with zero attached hydrogens (tertiary/aromatic N) is 1. The second kappa shape index (κ2) is 14.3. The maximum absolute atomic E-state index is 2.42. The van der Waals surface area contributed by atoms with Crippen molar-refractivity contribution in [2.45, 2.75) is 0 Å². The van der Waals surface area contributed by atoms with Crippen molar-refractivity contribution in [1.29, 1.82) is 0 Å². The number of anilines is 3. The van der Waals surface area contributed by atoms with Crippen LogP contribution in [0.15, 0.2) is 224 Å². The van der Waals surface area contributed by atoms with E-state index in [1.807, 2.05) is 0 Å². The molecule has 1 nitrogen and oxygen atoms in total. The van der Waals surface area contributed by atoms with E-state index in [9.17, 15) is 0 Å². The fraction of sp³-hybridized carbons (Fsp3) is 0. The lowest BCUT2D eigenvalue weighted by atomic mass is 9.95. The van der Waals surface area contributed by atoms with Crippen LogP contribution in [0.4, 0.5) is 17.1 Å². The van der Waals surface area contributed by atoms with Crippen molar-refractivity contribution in [3.63, 3.8) is 0 Å². The summed E-state index contributed by atoms with van der Waals surface area (Å²) in [6, 6.07) is 80.9. The first-order valence-electron chi connectivity index (χ1n) is 18.2. The zero-order valence-corrected chi connectivity index (χ0v) is 29.3. The van der Waals surface area contributed by atoms with Crippen LogP contribution in [0.2, 0.25) is 0 Å². The summed E-state index contributed by atoms with van der Waals surface area (Å²) in [6.07, 6.45) is 0. The highest BCUT2D eigenvalue weighted by atomic mass is 15.1. The van der Waals surface area contributed by atoms with E-state index in [1.54, 1.807) is 0 Å². The Labute approximate surface area is 311 Å². The Balaban J connectivity index is 1.19. The Hall–Kier alpha value is -6.96. The van der Waals surface area contributed by atoms with Crippen LogP contribution in [0.1, 0.15) is 0 Å². The van der Waals surface area contributed by atoms with Gasteiger partial charge in [-0.05, 0) is 97.2 Å². The van der Waals surface area contributed by atoms with E-state index in [0.29, 0.717) is 0 Å². The first-order chi connectivity index (χ1) is 26.3. The Morgan fingerprint density at radius 3 is 1.30 bits per heavy atom. The van der Waals surface area contributed by atoms with Crippen molar-refractivity contribution in [2.75, 3.05) is 4.90 Å². The van der Waals surface area contributed by atoms with E-state index in [0.717, 1.165) is 17.1 Å². The van der Waals surface area contributed by atoms with Gasteiger partial charge >= 0.3 is 0 Å². The molecular formula is C52H37N. The SMILES string of the molecule is c1ccc(-c2ccc(-c3ccc(N(c4cccc(-c5ccccc5)c4)c4cc(-c5ccc6ccccc6c5)ccc4-c4ccccc4)cc3)cc2)cc1. The molecule has 53 heavy (non-hydrogen) atoms. The third-order valence-corrected chi connectivity index (χ3v) is 10.1. The van der Waals surface area contributed by atoms with Gasteiger partial charge in [0.2, 0.25) is 0 Å². The van der Waals surface area contributed by atoms with Crippen LogP contribution < -0.4 is 4.90 Å². The molecule has 0 spiro atoms. The van der Waals surface area contributed by atoms with Crippen molar-refractivity contribution >= 4 is 27.8 Å². The molecule has 9 aromatic rings. The van der Waals surface area contributed by atoms with E-state index < -0.39 is 0 Å².